The Morgan fingerprint density at radius 2 is 1.29 bits per heavy atom. The molecule has 4 bridgehead atoms. The molecule has 6 atom stereocenters. The SMILES string of the molecule is O=C1[C@@H]2[C@H](C(=O)N1/N=C\C13c4ccccc4C(c4ccccc41)[C@@H]1C(=O)N(c4ccc(Br)cc4)C(=O)[C@H]13)[C@H]1C=C[C@H]2C1. The van der Waals surface area contributed by atoms with E-state index >= 15 is 0 Å². The van der Waals surface area contributed by atoms with E-state index in [2.05, 4.69) is 33.2 Å². The predicted octanol–water partition coefficient (Wildman–Crippen LogP) is 4.79. The summed E-state index contributed by atoms with van der Waals surface area (Å²) in [4.78, 5) is 57.3. The molecule has 3 aromatic rings. The summed E-state index contributed by atoms with van der Waals surface area (Å²) in [6.07, 6.45) is 6.59. The van der Waals surface area contributed by atoms with Gasteiger partial charge in [0.05, 0.1) is 34.8 Å². The second-order valence-corrected chi connectivity index (χ2v) is 13.2. The Morgan fingerprint density at radius 3 is 1.88 bits per heavy atom. The lowest BCUT2D eigenvalue weighted by Gasteiger charge is -2.52. The van der Waals surface area contributed by atoms with Gasteiger partial charge in [-0.1, -0.05) is 76.6 Å². The normalized spacial score (nSPS) is 34.9. The van der Waals surface area contributed by atoms with E-state index < -0.39 is 17.3 Å². The van der Waals surface area contributed by atoms with Gasteiger partial charge in [0.25, 0.3) is 11.8 Å². The lowest BCUT2D eigenvalue weighted by atomic mass is 9.47. The van der Waals surface area contributed by atoms with E-state index in [1.165, 1.54) is 4.90 Å². The van der Waals surface area contributed by atoms with E-state index in [9.17, 15) is 19.2 Å². The van der Waals surface area contributed by atoms with Crippen molar-refractivity contribution in [2.75, 3.05) is 4.90 Å². The van der Waals surface area contributed by atoms with Crippen molar-refractivity contribution in [2.24, 2.45) is 40.6 Å². The molecule has 3 aromatic carbocycles. The summed E-state index contributed by atoms with van der Waals surface area (Å²) in [6.45, 7) is 0. The smallest absolute Gasteiger partial charge is 0.254 e. The minimum absolute atomic E-state index is 0.0688. The topological polar surface area (TPSA) is 87.1 Å². The minimum atomic E-state index is -1.14. The van der Waals surface area contributed by atoms with Gasteiger partial charge >= 0.3 is 0 Å². The van der Waals surface area contributed by atoms with Gasteiger partial charge in [0, 0.05) is 16.6 Å². The van der Waals surface area contributed by atoms with Crippen LogP contribution < -0.4 is 4.90 Å². The van der Waals surface area contributed by atoms with Gasteiger partial charge < -0.3 is 0 Å². The van der Waals surface area contributed by atoms with Gasteiger partial charge in [-0.15, -0.1) is 0 Å². The zero-order valence-corrected chi connectivity index (χ0v) is 23.8. The summed E-state index contributed by atoms with van der Waals surface area (Å²) in [5, 5.41) is 5.72. The zero-order chi connectivity index (χ0) is 28.5. The molecule has 7 aliphatic rings. The van der Waals surface area contributed by atoms with Gasteiger partial charge in [-0.05, 0) is 64.8 Å². The molecule has 2 saturated heterocycles. The number of halogens is 1. The number of nitrogens with zero attached hydrogens (tertiary/aromatic N) is 3. The Balaban J connectivity index is 1.24. The third-order valence-electron chi connectivity index (χ3n) is 10.6. The lowest BCUT2D eigenvalue weighted by molar-refractivity contribution is -0.140. The number of fused-ring (bicyclic) bond motifs is 5. The number of amides is 4. The molecule has 206 valence electrons. The number of allylic oxidation sites excluding steroid dienone is 2. The van der Waals surface area contributed by atoms with E-state index in [4.69, 9.17) is 0 Å². The molecular formula is C34H24BrN3O4. The van der Waals surface area contributed by atoms with E-state index in [-0.39, 0.29) is 53.2 Å². The largest absolute Gasteiger partial charge is 0.274 e. The maximum atomic E-state index is 14.5. The minimum Gasteiger partial charge on any atom is -0.274 e. The summed E-state index contributed by atoms with van der Waals surface area (Å²) < 4.78 is 0.847. The molecule has 10 rings (SSSR count). The molecule has 0 unspecified atom stereocenters. The number of rotatable bonds is 3. The summed E-state index contributed by atoms with van der Waals surface area (Å²) >= 11 is 3.44. The molecule has 1 saturated carbocycles. The van der Waals surface area contributed by atoms with Crippen LogP contribution in [0.25, 0.3) is 0 Å². The molecule has 42 heavy (non-hydrogen) atoms. The maximum absolute atomic E-state index is 14.5. The standard InChI is InChI=1S/C34H24BrN3O4/c35-19-11-13-20(14-12-19)37-30(39)28-27-21-5-1-3-7-23(21)34(29(28)33(37)42,24-8-4-2-6-22(24)27)16-36-38-31(40)25-17-9-10-18(15-17)26(25)32(38)41/h1-14,16-18,25-29H,15H2/b36-16-/t17-,18-,25-,26+,27?,28-,29-,34?/m0/s1. The van der Waals surface area contributed by atoms with Crippen LogP contribution in [0.5, 0.6) is 0 Å². The number of benzene rings is 3. The van der Waals surface area contributed by atoms with Crippen molar-refractivity contribution < 1.29 is 19.2 Å². The second-order valence-electron chi connectivity index (χ2n) is 12.2. The van der Waals surface area contributed by atoms with Crippen LogP contribution in [0.2, 0.25) is 0 Å². The molecule has 7 nitrogen and oxygen atoms in total. The number of hydrogen-bond donors (Lipinski definition) is 0. The number of carbonyl (C=O) groups is 4. The molecule has 0 radical (unpaired) electrons. The van der Waals surface area contributed by atoms with Gasteiger partial charge in [0.15, 0.2) is 0 Å². The van der Waals surface area contributed by atoms with E-state index in [0.29, 0.717) is 5.69 Å². The Morgan fingerprint density at radius 1 is 0.714 bits per heavy atom. The summed E-state index contributed by atoms with van der Waals surface area (Å²) in [5.41, 5.74) is 3.10. The lowest BCUT2D eigenvalue weighted by Crippen LogP contribution is -2.55. The summed E-state index contributed by atoms with van der Waals surface area (Å²) in [5.74, 6) is -3.44. The van der Waals surface area contributed by atoms with Crippen molar-refractivity contribution in [2.45, 2.75) is 17.8 Å². The highest BCUT2D eigenvalue weighted by Gasteiger charge is 2.68. The highest BCUT2D eigenvalue weighted by atomic mass is 79.9. The second kappa shape index (κ2) is 8.22. The Labute approximate surface area is 250 Å². The quantitative estimate of drug-likeness (QED) is 0.240. The van der Waals surface area contributed by atoms with Crippen molar-refractivity contribution in [3.8, 4) is 0 Å². The molecule has 0 spiro atoms. The number of carbonyl (C=O) groups excluding carboxylic acids is 4. The van der Waals surface area contributed by atoms with Crippen LogP contribution in [0.4, 0.5) is 5.69 Å². The Kier molecular flexibility index (Phi) is 4.78. The Hall–Kier alpha value is -4.17. The maximum Gasteiger partial charge on any atom is 0.254 e. The average molecular weight is 618 g/mol. The first kappa shape index (κ1) is 24.4. The van der Waals surface area contributed by atoms with Crippen molar-refractivity contribution in [1.29, 1.82) is 0 Å². The molecule has 0 N–H and O–H groups in total. The van der Waals surface area contributed by atoms with Crippen molar-refractivity contribution in [3.63, 3.8) is 0 Å². The monoisotopic (exact) mass is 617 g/mol. The van der Waals surface area contributed by atoms with Crippen molar-refractivity contribution in [1.82, 2.24) is 5.01 Å². The first-order valence-electron chi connectivity index (χ1n) is 14.4. The van der Waals surface area contributed by atoms with Gasteiger partial charge in [-0.2, -0.15) is 10.1 Å². The molecule has 0 aromatic heterocycles. The van der Waals surface area contributed by atoms with Crippen molar-refractivity contribution >= 4 is 51.5 Å². The third-order valence-corrected chi connectivity index (χ3v) is 11.1. The van der Waals surface area contributed by atoms with E-state index in [0.717, 1.165) is 38.2 Å². The molecular weight excluding hydrogens is 594 g/mol. The molecule has 2 aliphatic heterocycles. The molecule has 8 heteroatoms. The average Bonchev–Trinajstić information content (AvgIpc) is 3.75. The zero-order valence-electron chi connectivity index (χ0n) is 22.3. The van der Waals surface area contributed by atoms with Crippen LogP contribution in [0.1, 0.15) is 34.6 Å². The van der Waals surface area contributed by atoms with E-state index in [1.807, 2.05) is 60.7 Å². The van der Waals surface area contributed by atoms with Crippen LogP contribution in [0.3, 0.4) is 0 Å². The number of anilines is 1. The molecule has 3 fully saturated rings. The fraction of sp³-hybridized carbons (Fsp3) is 0.265. The summed E-state index contributed by atoms with van der Waals surface area (Å²) in [6, 6.07) is 23.0. The van der Waals surface area contributed by atoms with Crippen molar-refractivity contribution in [3.05, 3.63) is 112 Å². The highest BCUT2D eigenvalue weighted by Crippen LogP contribution is 2.64. The van der Waals surface area contributed by atoms with Gasteiger partial charge in [0.1, 0.15) is 0 Å². The van der Waals surface area contributed by atoms with Crippen LogP contribution in [0.15, 0.2) is 94.5 Å². The molecule has 5 aliphatic carbocycles. The van der Waals surface area contributed by atoms with Crippen LogP contribution >= 0.6 is 15.9 Å². The van der Waals surface area contributed by atoms with Gasteiger partial charge in [-0.25, -0.2) is 4.90 Å². The fourth-order valence-electron chi connectivity index (χ4n) is 9.04. The predicted molar refractivity (Wildman–Crippen MR) is 157 cm³/mol. The van der Waals surface area contributed by atoms with E-state index in [1.54, 1.807) is 18.3 Å². The first-order valence-corrected chi connectivity index (χ1v) is 15.1. The summed E-state index contributed by atoms with van der Waals surface area (Å²) in [7, 11) is 0. The number of hydrogen-bond acceptors (Lipinski definition) is 5. The van der Waals surface area contributed by atoms with Crippen LogP contribution in [-0.4, -0.2) is 34.9 Å². The fourth-order valence-corrected chi connectivity index (χ4v) is 9.31. The number of imide groups is 2. The van der Waals surface area contributed by atoms with Gasteiger partial charge in [-0.3, -0.25) is 19.2 Å². The van der Waals surface area contributed by atoms with Crippen LogP contribution in [0, 0.1) is 35.5 Å². The van der Waals surface area contributed by atoms with Gasteiger partial charge in [0.2, 0.25) is 11.8 Å². The number of hydrazone groups is 1. The Bertz CT molecular complexity index is 1750. The third kappa shape index (κ3) is 2.79. The van der Waals surface area contributed by atoms with Crippen LogP contribution in [-0.2, 0) is 24.6 Å². The first-order chi connectivity index (χ1) is 20.4. The highest BCUT2D eigenvalue weighted by molar-refractivity contribution is 9.10. The molecule has 4 amide bonds. The molecule has 2 heterocycles.